The van der Waals surface area contributed by atoms with Crippen LogP contribution < -0.4 is 5.73 Å². The quantitative estimate of drug-likeness (QED) is 0.690. The second kappa shape index (κ2) is 4.24. The van der Waals surface area contributed by atoms with Crippen LogP contribution in [0.25, 0.3) is 0 Å². The largest absolute Gasteiger partial charge is 0.480 e. The van der Waals surface area contributed by atoms with Crippen LogP contribution in [-0.2, 0) is 9.59 Å². The van der Waals surface area contributed by atoms with E-state index >= 15 is 0 Å². The normalized spacial score (nSPS) is 28.4. The fraction of sp³-hybridized carbons (Fsp3) is 0.538. The highest BCUT2D eigenvalue weighted by atomic mass is 16.4. The van der Waals surface area contributed by atoms with E-state index in [2.05, 4.69) is 0 Å². The van der Waals surface area contributed by atoms with Gasteiger partial charge in [-0.15, -0.1) is 0 Å². The molecule has 4 N–H and O–H groups in total. The van der Waals surface area contributed by atoms with E-state index in [-0.39, 0.29) is 5.57 Å². The zero-order valence-electron chi connectivity index (χ0n) is 11.0. The van der Waals surface area contributed by atoms with Gasteiger partial charge in [0.15, 0.2) is 0 Å². The number of allylic oxidation sites excluding steroid dienone is 2. The van der Waals surface area contributed by atoms with Crippen LogP contribution in [0.4, 0.5) is 0 Å². The van der Waals surface area contributed by atoms with Crippen LogP contribution >= 0.6 is 0 Å². The summed E-state index contributed by atoms with van der Waals surface area (Å²) in [6.45, 7) is 7.00. The molecule has 1 rings (SSSR count). The second-order valence-electron chi connectivity index (χ2n) is 5.83. The molecule has 2 unspecified atom stereocenters. The second-order valence-corrected chi connectivity index (χ2v) is 5.83. The van der Waals surface area contributed by atoms with Gasteiger partial charge in [0.25, 0.3) is 0 Å². The van der Waals surface area contributed by atoms with Crippen molar-refractivity contribution in [2.24, 2.45) is 17.1 Å². The van der Waals surface area contributed by atoms with Crippen LogP contribution in [0.3, 0.4) is 0 Å². The molecule has 0 aromatic heterocycles. The Labute approximate surface area is 106 Å². The number of carboxylic acids is 2. The Bertz CT molecular complexity index is 456. The molecule has 0 fully saturated rings. The Balaban J connectivity index is 3.50. The lowest BCUT2D eigenvalue weighted by Gasteiger charge is -2.42. The number of hydrogen-bond donors (Lipinski definition) is 3. The molecule has 1 aliphatic carbocycles. The lowest BCUT2D eigenvalue weighted by atomic mass is 9.63. The molecule has 0 spiro atoms. The van der Waals surface area contributed by atoms with Crippen molar-refractivity contribution in [2.75, 3.05) is 0 Å². The van der Waals surface area contributed by atoms with Gasteiger partial charge in [-0.1, -0.05) is 26.3 Å². The molecular formula is C13H19NO4. The predicted molar refractivity (Wildman–Crippen MR) is 67.0 cm³/mol. The van der Waals surface area contributed by atoms with E-state index in [0.717, 1.165) is 0 Å². The Morgan fingerprint density at radius 3 is 2.17 bits per heavy atom. The molecule has 0 saturated carbocycles. The maximum atomic E-state index is 11.5. The summed E-state index contributed by atoms with van der Waals surface area (Å²) in [5.41, 5.74) is 4.31. The van der Waals surface area contributed by atoms with Crippen LogP contribution in [0.5, 0.6) is 0 Å². The van der Waals surface area contributed by atoms with Crippen LogP contribution in [0.15, 0.2) is 23.3 Å². The smallest absolute Gasteiger partial charge is 0.331 e. The Kier molecular flexibility index (Phi) is 3.40. The Morgan fingerprint density at radius 2 is 1.83 bits per heavy atom. The molecule has 5 nitrogen and oxygen atoms in total. The minimum Gasteiger partial charge on any atom is -0.480 e. The van der Waals surface area contributed by atoms with E-state index < -0.39 is 28.8 Å². The summed E-state index contributed by atoms with van der Waals surface area (Å²) in [7, 11) is 0. The van der Waals surface area contributed by atoms with Crippen molar-refractivity contribution in [1.29, 1.82) is 0 Å². The van der Waals surface area contributed by atoms with Crippen molar-refractivity contribution in [3.8, 4) is 0 Å². The Morgan fingerprint density at radius 1 is 1.33 bits per heavy atom. The standard InChI is InChI=1S/C13H19NO4/c1-7-5-8(10(15)16)9(12(2,3)4)13(14,6-7)11(17)18/h5-6,9H,14H2,1-4H3,(H,15,16)(H,17,18). The molecule has 0 bridgehead atoms. The molecule has 2 atom stereocenters. The summed E-state index contributed by atoms with van der Waals surface area (Å²) in [6.07, 6.45) is 2.92. The molecular weight excluding hydrogens is 234 g/mol. The lowest BCUT2D eigenvalue weighted by molar-refractivity contribution is -0.145. The maximum absolute atomic E-state index is 11.5. The third kappa shape index (κ3) is 2.31. The lowest BCUT2D eigenvalue weighted by Crippen LogP contribution is -2.59. The van der Waals surface area contributed by atoms with Gasteiger partial charge in [0, 0.05) is 11.5 Å². The number of aliphatic carboxylic acids is 2. The van der Waals surface area contributed by atoms with Gasteiger partial charge in [0.2, 0.25) is 0 Å². The SMILES string of the molecule is CC1=CC(N)(C(=O)O)C(C(C)(C)C)C(C(=O)O)=C1. The number of hydrogen-bond acceptors (Lipinski definition) is 3. The minimum atomic E-state index is -1.69. The molecule has 1 aliphatic rings. The van der Waals surface area contributed by atoms with E-state index in [0.29, 0.717) is 5.57 Å². The van der Waals surface area contributed by atoms with Crippen molar-refractivity contribution in [2.45, 2.75) is 33.2 Å². The van der Waals surface area contributed by atoms with Gasteiger partial charge in [-0.05, 0) is 24.5 Å². The first-order valence-electron chi connectivity index (χ1n) is 5.66. The molecule has 0 aliphatic heterocycles. The van der Waals surface area contributed by atoms with Crippen LogP contribution in [0.2, 0.25) is 0 Å². The highest BCUT2D eigenvalue weighted by Crippen LogP contribution is 2.43. The average molecular weight is 253 g/mol. The van der Waals surface area contributed by atoms with Crippen LogP contribution in [0, 0.1) is 11.3 Å². The van der Waals surface area contributed by atoms with Crippen molar-refractivity contribution < 1.29 is 19.8 Å². The molecule has 0 saturated heterocycles. The summed E-state index contributed by atoms with van der Waals surface area (Å²) in [4.78, 5) is 22.8. The molecule has 0 aromatic carbocycles. The summed E-state index contributed by atoms with van der Waals surface area (Å²) < 4.78 is 0. The van der Waals surface area contributed by atoms with Gasteiger partial charge < -0.3 is 15.9 Å². The molecule has 5 heteroatoms. The molecule has 18 heavy (non-hydrogen) atoms. The average Bonchev–Trinajstić information content (AvgIpc) is 2.13. The van der Waals surface area contributed by atoms with Gasteiger partial charge in [-0.3, -0.25) is 0 Å². The van der Waals surface area contributed by atoms with Crippen LogP contribution in [-0.4, -0.2) is 27.7 Å². The zero-order valence-corrected chi connectivity index (χ0v) is 11.0. The minimum absolute atomic E-state index is 0.0485. The van der Waals surface area contributed by atoms with E-state index in [1.165, 1.54) is 12.2 Å². The van der Waals surface area contributed by atoms with Crippen molar-refractivity contribution in [3.05, 3.63) is 23.3 Å². The molecule has 100 valence electrons. The van der Waals surface area contributed by atoms with E-state index in [1.54, 1.807) is 27.7 Å². The highest BCUT2D eigenvalue weighted by Gasteiger charge is 2.51. The zero-order chi connectivity index (χ0) is 14.3. The fourth-order valence-corrected chi connectivity index (χ4v) is 2.64. The summed E-state index contributed by atoms with van der Waals surface area (Å²) in [6, 6.07) is 0. The first kappa shape index (κ1) is 14.4. The number of carboxylic acid groups (broad SMARTS) is 2. The third-order valence-electron chi connectivity index (χ3n) is 3.12. The van der Waals surface area contributed by atoms with Gasteiger partial charge >= 0.3 is 11.9 Å². The van der Waals surface area contributed by atoms with Gasteiger partial charge in [0.05, 0.1) is 0 Å². The van der Waals surface area contributed by atoms with E-state index in [1.807, 2.05) is 0 Å². The molecule has 0 aromatic rings. The van der Waals surface area contributed by atoms with Crippen molar-refractivity contribution in [3.63, 3.8) is 0 Å². The number of nitrogens with two attached hydrogens (primary N) is 1. The monoisotopic (exact) mass is 253 g/mol. The highest BCUT2D eigenvalue weighted by molar-refractivity contribution is 5.93. The van der Waals surface area contributed by atoms with Gasteiger partial charge in [-0.25, -0.2) is 9.59 Å². The third-order valence-corrected chi connectivity index (χ3v) is 3.12. The van der Waals surface area contributed by atoms with Crippen molar-refractivity contribution >= 4 is 11.9 Å². The van der Waals surface area contributed by atoms with Crippen molar-refractivity contribution in [1.82, 2.24) is 0 Å². The van der Waals surface area contributed by atoms with Crippen LogP contribution in [0.1, 0.15) is 27.7 Å². The number of rotatable bonds is 2. The first-order chi connectivity index (χ1) is 8.00. The van der Waals surface area contributed by atoms with E-state index in [4.69, 9.17) is 5.73 Å². The van der Waals surface area contributed by atoms with Gasteiger partial charge in [-0.2, -0.15) is 0 Å². The molecule has 0 radical (unpaired) electrons. The van der Waals surface area contributed by atoms with Gasteiger partial charge in [0.1, 0.15) is 5.54 Å². The summed E-state index contributed by atoms with van der Waals surface area (Å²) >= 11 is 0. The maximum Gasteiger partial charge on any atom is 0.331 e. The molecule has 0 amide bonds. The number of carbonyl (C=O) groups is 2. The summed E-state index contributed by atoms with van der Waals surface area (Å²) in [5.74, 6) is -3.13. The fourth-order valence-electron chi connectivity index (χ4n) is 2.64. The predicted octanol–water partition coefficient (Wildman–Crippen LogP) is 1.40. The van der Waals surface area contributed by atoms with E-state index in [9.17, 15) is 19.8 Å². The Hall–Kier alpha value is -1.62. The summed E-state index contributed by atoms with van der Waals surface area (Å²) in [5, 5.41) is 18.6. The first-order valence-corrected chi connectivity index (χ1v) is 5.66. The topological polar surface area (TPSA) is 101 Å². The molecule has 0 heterocycles.